The summed E-state index contributed by atoms with van der Waals surface area (Å²) in [5.74, 6) is -0.597. The topological polar surface area (TPSA) is 60.9 Å². The molecule has 0 radical (unpaired) electrons. The quantitative estimate of drug-likeness (QED) is 0.427. The van der Waals surface area contributed by atoms with E-state index in [1.807, 2.05) is 23.6 Å². The largest absolute Gasteiger partial charge is 0.340 e. The molecule has 0 aliphatic carbocycles. The van der Waals surface area contributed by atoms with Crippen LogP contribution in [0.2, 0.25) is 0 Å². The highest BCUT2D eigenvalue weighted by atomic mass is 19.3. The molecule has 3 amide bonds. The first-order valence-electron chi connectivity index (χ1n) is 13.8. The lowest BCUT2D eigenvalue weighted by Gasteiger charge is -2.52. The second-order valence-corrected chi connectivity index (χ2v) is 13.2. The highest BCUT2D eigenvalue weighted by Crippen LogP contribution is 2.43. The smallest absolute Gasteiger partial charge is 0.328 e. The Kier molecular flexibility index (Phi) is 8.17. The van der Waals surface area contributed by atoms with E-state index < -0.39 is 23.9 Å². The third-order valence-corrected chi connectivity index (χ3v) is 9.01. The van der Waals surface area contributed by atoms with Crippen molar-refractivity contribution in [1.82, 2.24) is 14.7 Å². The number of hydrogen-bond acceptors (Lipinski definition) is 3. The molecule has 36 heavy (non-hydrogen) atoms. The van der Waals surface area contributed by atoms with Crippen molar-refractivity contribution < 1.29 is 23.2 Å². The van der Waals surface area contributed by atoms with E-state index in [2.05, 4.69) is 34.6 Å². The summed E-state index contributed by atoms with van der Waals surface area (Å²) >= 11 is 0. The van der Waals surface area contributed by atoms with Crippen LogP contribution in [0.25, 0.3) is 0 Å². The summed E-state index contributed by atoms with van der Waals surface area (Å²) in [6, 6.07) is -3.76. The minimum absolute atomic E-state index is 0.0119. The van der Waals surface area contributed by atoms with Gasteiger partial charge in [-0.25, -0.2) is 0 Å². The molecule has 0 bridgehead atoms. The third-order valence-electron chi connectivity index (χ3n) is 9.01. The van der Waals surface area contributed by atoms with Gasteiger partial charge in [-0.05, 0) is 85.0 Å². The molecule has 0 N–H and O–H groups in total. The fourth-order valence-corrected chi connectivity index (χ4v) is 6.91. The minimum Gasteiger partial charge on any atom is -0.340 e. The van der Waals surface area contributed by atoms with Crippen LogP contribution in [0.3, 0.4) is 0 Å². The fraction of sp³-hybridized carbons (Fsp3) is 0.893. The number of nitrogens with zero attached hydrogens (tertiary/aromatic N) is 3. The Hall–Kier alpha value is -1.73. The van der Waals surface area contributed by atoms with Crippen molar-refractivity contribution in [3.63, 3.8) is 0 Å². The zero-order valence-electron chi connectivity index (χ0n) is 23.6. The molecule has 6 nitrogen and oxygen atoms in total. The normalized spacial score (nSPS) is 30.1. The number of piperidine rings is 3. The molecule has 0 aromatic rings. The minimum atomic E-state index is -3.15. The predicted octanol–water partition coefficient (Wildman–Crippen LogP) is 5.45. The molecule has 3 fully saturated rings. The van der Waals surface area contributed by atoms with Crippen LogP contribution in [0, 0.1) is 17.3 Å². The molecule has 3 rings (SSSR count). The average molecular weight is 512 g/mol. The molecule has 8 heteroatoms. The maximum Gasteiger partial charge on any atom is 0.328 e. The maximum atomic E-state index is 14.6. The van der Waals surface area contributed by atoms with Gasteiger partial charge < -0.3 is 9.80 Å². The molecule has 0 aromatic heterocycles. The predicted molar refractivity (Wildman–Crippen MR) is 136 cm³/mol. The van der Waals surface area contributed by atoms with Crippen molar-refractivity contribution in [3.8, 4) is 0 Å². The zero-order valence-corrected chi connectivity index (χ0v) is 23.6. The van der Waals surface area contributed by atoms with Crippen molar-refractivity contribution >= 4 is 17.7 Å². The molecular weight excluding hydrogens is 464 g/mol. The van der Waals surface area contributed by atoms with E-state index in [1.54, 1.807) is 6.92 Å². The number of carbonyl (C=O) groups is 3. The lowest BCUT2D eigenvalue weighted by Crippen LogP contribution is -2.60. The Morgan fingerprint density at radius 1 is 0.889 bits per heavy atom. The second kappa shape index (κ2) is 10.2. The van der Waals surface area contributed by atoms with Crippen LogP contribution < -0.4 is 0 Å². The van der Waals surface area contributed by atoms with Crippen molar-refractivity contribution in [2.24, 2.45) is 17.3 Å². The molecule has 0 spiro atoms. The molecule has 0 aromatic carbocycles. The number of rotatable bonds is 7. The molecule has 4 unspecified atom stereocenters. The molecule has 3 aliphatic rings. The van der Waals surface area contributed by atoms with Gasteiger partial charge in [0.15, 0.2) is 0 Å². The Morgan fingerprint density at radius 3 is 2.08 bits per heavy atom. The van der Waals surface area contributed by atoms with Gasteiger partial charge in [0, 0.05) is 55.4 Å². The van der Waals surface area contributed by atoms with E-state index in [1.165, 1.54) is 0 Å². The Balaban J connectivity index is 1.74. The first kappa shape index (κ1) is 28.8. The summed E-state index contributed by atoms with van der Waals surface area (Å²) in [7, 11) is 0. The van der Waals surface area contributed by atoms with Gasteiger partial charge in [0.2, 0.25) is 17.7 Å². The van der Waals surface area contributed by atoms with Gasteiger partial charge in [-0.3, -0.25) is 19.3 Å². The van der Waals surface area contributed by atoms with Crippen molar-refractivity contribution in [2.45, 2.75) is 136 Å². The van der Waals surface area contributed by atoms with Crippen molar-refractivity contribution in [2.75, 3.05) is 6.54 Å². The van der Waals surface area contributed by atoms with Crippen LogP contribution in [0.1, 0.15) is 107 Å². The number of alkyl halides is 2. The summed E-state index contributed by atoms with van der Waals surface area (Å²) in [6.45, 7) is 17.0. The maximum absolute atomic E-state index is 14.6. The van der Waals surface area contributed by atoms with E-state index in [0.717, 1.165) is 17.7 Å². The number of halogens is 2. The first-order valence-corrected chi connectivity index (χ1v) is 13.8. The Morgan fingerprint density at radius 2 is 1.50 bits per heavy atom. The molecule has 0 saturated carbocycles. The van der Waals surface area contributed by atoms with E-state index >= 15 is 0 Å². The van der Waals surface area contributed by atoms with E-state index in [-0.39, 0.29) is 66.5 Å². The zero-order chi connectivity index (χ0) is 27.2. The van der Waals surface area contributed by atoms with Gasteiger partial charge in [0.1, 0.15) is 0 Å². The van der Waals surface area contributed by atoms with Crippen LogP contribution in [-0.2, 0) is 14.4 Å². The van der Waals surface area contributed by atoms with Crippen LogP contribution in [0.4, 0.5) is 8.78 Å². The number of likely N-dealkylation sites (tertiary alicyclic amines) is 3. The average Bonchev–Trinajstić information content (AvgIpc) is 2.71. The highest BCUT2D eigenvalue weighted by Gasteiger charge is 2.49. The first-order chi connectivity index (χ1) is 16.5. The highest BCUT2D eigenvalue weighted by molar-refractivity contribution is 5.81. The monoisotopic (exact) mass is 511 g/mol. The number of amides is 3. The lowest BCUT2D eigenvalue weighted by molar-refractivity contribution is -0.198. The molecule has 3 aliphatic heterocycles. The lowest BCUT2D eigenvalue weighted by atomic mass is 9.70. The van der Waals surface area contributed by atoms with Gasteiger partial charge >= 0.3 is 6.05 Å². The van der Waals surface area contributed by atoms with E-state index in [0.29, 0.717) is 19.4 Å². The molecular formula is C28H47F2N3O3. The van der Waals surface area contributed by atoms with Crippen molar-refractivity contribution in [3.05, 3.63) is 0 Å². The SMILES string of the molecule is CC(C)N1CC(C)(C)C(CC(C)N2C(=O)C(CC(C)N3C(=O)CCCC3(F)F)CCC2(C)C)CC1=O. The summed E-state index contributed by atoms with van der Waals surface area (Å²) in [6.07, 6.45) is 2.88. The number of carbonyl (C=O) groups excluding carboxylic acids is 3. The van der Waals surface area contributed by atoms with Gasteiger partial charge in [-0.15, -0.1) is 0 Å². The molecule has 3 heterocycles. The van der Waals surface area contributed by atoms with Crippen LogP contribution >= 0.6 is 0 Å². The summed E-state index contributed by atoms with van der Waals surface area (Å²) in [5.41, 5.74) is -0.419. The standard InChI is InChI=1S/C28H47F2N3O3/c1-18(2)31-17-26(5,6)22(16-24(31)35)15-20(4)33-25(36)21(11-13-27(33,7)8)14-19(3)32-23(34)10-9-12-28(32,29)30/h18-22H,9-17H2,1-8H3. The van der Waals surface area contributed by atoms with Crippen molar-refractivity contribution in [1.29, 1.82) is 0 Å². The van der Waals surface area contributed by atoms with Gasteiger partial charge in [0.25, 0.3) is 0 Å². The van der Waals surface area contributed by atoms with Crippen LogP contribution in [0.5, 0.6) is 0 Å². The van der Waals surface area contributed by atoms with E-state index in [9.17, 15) is 23.2 Å². The second-order valence-electron chi connectivity index (χ2n) is 13.2. The Bertz CT molecular complexity index is 857. The molecule has 4 atom stereocenters. The fourth-order valence-electron chi connectivity index (χ4n) is 6.91. The molecule has 206 valence electrons. The Labute approximate surface area is 216 Å². The summed E-state index contributed by atoms with van der Waals surface area (Å²) in [4.78, 5) is 43.6. The summed E-state index contributed by atoms with van der Waals surface area (Å²) in [5, 5.41) is 0. The third kappa shape index (κ3) is 5.72. The summed E-state index contributed by atoms with van der Waals surface area (Å²) < 4.78 is 29.1. The number of hydrogen-bond donors (Lipinski definition) is 0. The van der Waals surface area contributed by atoms with Gasteiger partial charge in [-0.1, -0.05) is 13.8 Å². The van der Waals surface area contributed by atoms with Crippen LogP contribution in [0.15, 0.2) is 0 Å². The molecule has 3 saturated heterocycles. The van der Waals surface area contributed by atoms with E-state index in [4.69, 9.17) is 0 Å². The van der Waals surface area contributed by atoms with Gasteiger partial charge in [0.05, 0.1) is 0 Å². The van der Waals surface area contributed by atoms with Crippen LogP contribution in [-0.4, -0.2) is 68.7 Å². The van der Waals surface area contributed by atoms with Gasteiger partial charge in [-0.2, -0.15) is 8.78 Å².